The maximum absolute atomic E-state index is 10.8. The number of hydrogen-bond acceptors (Lipinski definition) is 3. The number of rotatable bonds is 3. The topological polar surface area (TPSA) is 37.3 Å². The molecule has 0 unspecified atom stereocenters. The highest BCUT2D eigenvalue weighted by atomic mass is 79.9. The van der Waals surface area contributed by atoms with Crippen LogP contribution in [0.4, 0.5) is 0 Å². The Morgan fingerprint density at radius 3 is 2.75 bits per heavy atom. The minimum atomic E-state index is -0.894. The molecular weight excluding hydrogens is 308 g/mol. The van der Waals surface area contributed by atoms with Gasteiger partial charge < -0.3 is 5.11 Å². The molecule has 0 aliphatic carbocycles. The van der Waals surface area contributed by atoms with Crippen molar-refractivity contribution in [3.05, 3.63) is 45.7 Å². The van der Waals surface area contributed by atoms with E-state index in [2.05, 4.69) is 15.9 Å². The second-order valence-corrected chi connectivity index (χ2v) is 6.83. The predicted octanol–water partition coefficient (Wildman–Crippen LogP) is 4.36. The number of carbonyl (C=O) groups is 1. The second-order valence-electron chi connectivity index (χ2n) is 2.99. The third kappa shape index (κ3) is 2.87. The van der Waals surface area contributed by atoms with Crippen LogP contribution in [0.25, 0.3) is 0 Å². The van der Waals surface area contributed by atoms with Crippen LogP contribution >= 0.6 is 39.0 Å². The summed E-state index contributed by atoms with van der Waals surface area (Å²) < 4.78 is 2.21. The average molecular weight is 315 g/mol. The summed E-state index contributed by atoms with van der Waals surface area (Å²) in [6, 6.07) is 10.9. The number of carboxylic acids is 1. The van der Waals surface area contributed by atoms with Crippen molar-refractivity contribution in [2.24, 2.45) is 0 Å². The number of benzene rings is 1. The van der Waals surface area contributed by atoms with E-state index in [1.807, 2.05) is 18.2 Å². The lowest BCUT2D eigenvalue weighted by atomic mass is 10.2. The molecule has 0 radical (unpaired) electrons. The summed E-state index contributed by atoms with van der Waals surface area (Å²) >= 11 is 6.59. The highest BCUT2D eigenvalue weighted by Crippen LogP contribution is 2.35. The molecule has 0 fully saturated rings. The molecule has 16 heavy (non-hydrogen) atoms. The Hall–Kier alpha value is -0.780. The summed E-state index contributed by atoms with van der Waals surface area (Å²) in [6.07, 6.45) is 0. The van der Waals surface area contributed by atoms with Crippen LogP contribution < -0.4 is 0 Å². The molecule has 0 saturated heterocycles. The monoisotopic (exact) mass is 314 g/mol. The predicted molar refractivity (Wildman–Crippen MR) is 69.5 cm³/mol. The fraction of sp³-hybridized carbons (Fsp3) is 0. The highest BCUT2D eigenvalue weighted by Gasteiger charge is 2.05. The number of halogens is 1. The molecule has 5 heteroatoms. The molecule has 1 aromatic heterocycles. The van der Waals surface area contributed by atoms with E-state index in [4.69, 9.17) is 5.11 Å². The summed E-state index contributed by atoms with van der Waals surface area (Å²) in [7, 11) is 0. The Bertz CT molecular complexity index is 522. The van der Waals surface area contributed by atoms with Gasteiger partial charge in [-0.15, -0.1) is 11.3 Å². The minimum absolute atomic E-state index is 0.320. The zero-order valence-electron chi connectivity index (χ0n) is 8.01. The molecule has 0 saturated carbocycles. The molecule has 0 amide bonds. The van der Waals surface area contributed by atoms with Crippen LogP contribution in [0.2, 0.25) is 0 Å². The van der Waals surface area contributed by atoms with Gasteiger partial charge in [0.1, 0.15) is 0 Å². The fourth-order valence-electron chi connectivity index (χ4n) is 1.16. The molecule has 1 N–H and O–H groups in total. The maximum Gasteiger partial charge on any atom is 0.335 e. The highest BCUT2D eigenvalue weighted by molar-refractivity contribution is 9.11. The number of aromatic carboxylic acids is 1. The van der Waals surface area contributed by atoms with Crippen molar-refractivity contribution in [3.63, 3.8) is 0 Å². The summed E-state index contributed by atoms with van der Waals surface area (Å²) in [5.74, 6) is -0.894. The lowest BCUT2D eigenvalue weighted by Crippen LogP contribution is -1.94. The first-order valence-corrected chi connectivity index (χ1v) is 6.84. The van der Waals surface area contributed by atoms with E-state index in [-0.39, 0.29) is 0 Å². The molecule has 82 valence electrons. The lowest BCUT2D eigenvalue weighted by Gasteiger charge is -1.99. The first-order valence-electron chi connectivity index (χ1n) is 4.42. The normalized spacial score (nSPS) is 10.3. The van der Waals surface area contributed by atoms with Crippen molar-refractivity contribution in [1.29, 1.82) is 0 Å². The summed E-state index contributed by atoms with van der Waals surface area (Å²) in [4.78, 5) is 11.7. The minimum Gasteiger partial charge on any atom is -0.478 e. The van der Waals surface area contributed by atoms with Crippen LogP contribution in [0.1, 0.15) is 10.4 Å². The van der Waals surface area contributed by atoms with Crippen molar-refractivity contribution in [2.75, 3.05) is 0 Å². The van der Waals surface area contributed by atoms with Gasteiger partial charge in [-0.25, -0.2) is 4.79 Å². The van der Waals surface area contributed by atoms with Gasteiger partial charge in [0.05, 0.1) is 13.6 Å². The Morgan fingerprint density at radius 2 is 2.12 bits per heavy atom. The Labute approximate surface area is 109 Å². The molecule has 0 aliphatic heterocycles. The van der Waals surface area contributed by atoms with Crippen LogP contribution in [0, 0.1) is 0 Å². The van der Waals surface area contributed by atoms with Crippen LogP contribution in [-0.4, -0.2) is 11.1 Å². The molecule has 2 nitrogen and oxygen atoms in total. The largest absolute Gasteiger partial charge is 0.478 e. The third-order valence-corrected chi connectivity index (χ3v) is 4.59. The van der Waals surface area contributed by atoms with Gasteiger partial charge >= 0.3 is 5.97 Å². The van der Waals surface area contributed by atoms with Crippen molar-refractivity contribution in [1.82, 2.24) is 0 Å². The molecule has 2 aromatic rings. The first-order chi connectivity index (χ1) is 7.65. The molecule has 1 heterocycles. The average Bonchev–Trinajstić information content (AvgIpc) is 2.64. The van der Waals surface area contributed by atoms with Gasteiger partial charge in [0.25, 0.3) is 0 Å². The number of thiophene rings is 1. The van der Waals surface area contributed by atoms with Gasteiger partial charge in [-0.05, 0) is 46.3 Å². The van der Waals surface area contributed by atoms with Crippen molar-refractivity contribution in [3.8, 4) is 0 Å². The SMILES string of the molecule is O=C(O)c1cccc(Sc2ccc(Br)s2)c1. The van der Waals surface area contributed by atoms with E-state index in [0.29, 0.717) is 5.56 Å². The third-order valence-electron chi connectivity index (χ3n) is 1.85. The molecule has 0 atom stereocenters. The van der Waals surface area contributed by atoms with Gasteiger partial charge in [0.15, 0.2) is 0 Å². The van der Waals surface area contributed by atoms with E-state index in [1.54, 1.807) is 41.3 Å². The maximum atomic E-state index is 10.8. The number of hydrogen-bond donors (Lipinski definition) is 1. The molecule has 1 aromatic carbocycles. The Kier molecular flexibility index (Phi) is 3.68. The molecular formula is C11H7BrO2S2. The Morgan fingerprint density at radius 1 is 1.31 bits per heavy atom. The van der Waals surface area contributed by atoms with E-state index in [9.17, 15) is 4.79 Å². The zero-order valence-corrected chi connectivity index (χ0v) is 11.2. The zero-order chi connectivity index (χ0) is 11.5. The summed E-state index contributed by atoms with van der Waals surface area (Å²) in [5.41, 5.74) is 0.320. The number of carboxylic acid groups (broad SMARTS) is 1. The van der Waals surface area contributed by atoms with Crippen molar-refractivity contribution >= 4 is 45.0 Å². The Balaban J connectivity index is 2.21. The van der Waals surface area contributed by atoms with E-state index in [0.717, 1.165) is 12.9 Å². The summed E-state index contributed by atoms with van der Waals surface area (Å²) in [5, 5.41) is 8.87. The first kappa shape index (κ1) is 11.7. The molecule has 0 bridgehead atoms. The lowest BCUT2D eigenvalue weighted by molar-refractivity contribution is 0.0696. The summed E-state index contributed by atoms with van der Waals surface area (Å²) in [6.45, 7) is 0. The van der Waals surface area contributed by atoms with Crippen LogP contribution in [0.5, 0.6) is 0 Å². The van der Waals surface area contributed by atoms with Crippen molar-refractivity contribution in [2.45, 2.75) is 9.10 Å². The van der Waals surface area contributed by atoms with Crippen LogP contribution in [-0.2, 0) is 0 Å². The quantitative estimate of drug-likeness (QED) is 0.914. The van der Waals surface area contributed by atoms with Crippen LogP contribution in [0.3, 0.4) is 0 Å². The van der Waals surface area contributed by atoms with Gasteiger partial charge in [-0.2, -0.15) is 0 Å². The van der Waals surface area contributed by atoms with Gasteiger partial charge in [0, 0.05) is 4.90 Å². The van der Waals surface area contributed by atoms with Gasteiger partial charge in [-0.1, -0.05) is 17.8 Å². The fourth-order valence-corrected chi connectivity index (χ4v) is 4.03. The smallest absolute Gasteiger partial charge is 0.335 e. The second kappa shape index (κ2) is 5.03. The molecule has 0 aliphatic rings. The van der Waals surface area contributed by atoms with E-state index >= 15 is 0 Å². The van der Waals surface area contributed by atoms with Crippen LogP contribution in [0.15, 0.2) is 49.3 Å². The van der Waals surface area contributed by atoms with Gasteiger partial charge in [-0.3, -0.25) is 0 Å². The van der Waals surface area contributed by atoms with E-state index in [1.165, 1.54) is 0 Å². The standard InChI is InChI=1S/C11H7BrO2S2/c12-9-4-5-10(16-9)15-8-3-1-2-7(6-8)11(13)14/h1-6H,(H,13,14). The van der Waals surface area contributed by atoms with Gasteiger partial charge in [0.2, 0.25) is 0 Å². The van der Waals surface area contributed by atoms with E-state index < -0.39 is 5.97 Å². The molecule has 2 rings (SSSR count). The van der Waals surface area contributed by atoms with Crippen molar-refractivity contribution < 1.29 is 9.90 Å². The molecule has 0 spiro atoms.